The largest absolute Gasteiger partial charge is 0.497 e. The molecule has 0 fully saturated rings. The maximum atomic E-state index is 13.7. The van der Waals surface area contributed by atoms with Crippen molar-refractivity contribution in [1.82, 2.24) is 4.90 Å². The summed E-state index contributed by atoms with van der Waals surface area (Å²) in [4.78, 5) is 28.9. The van der Waals surface area contributed by atoms with Gasteiger partial charge in [-0.05, 0) is 72.5 Å². The molecule has 0 N–H and O–H groups in total. The van der Waals surface area contributed by atoms with Gasteiger partial charge in [0.25, 0.3) is 5.91 Å². The van der Waals surface area contributed by atoms with Crippen LogP contribution in [0.2, 0.25) is 5.02 Å². The highest BCUT2D eigenvalue weighted by atomic mass is 35.5. The van der Waals surface area contributed by atoms with Crippen molar-refractivity contribution in [3.8, 4) is 5.75 Å². The minimum Gasteiger partial charge on any atom is -0.497 e. The first-order valence-electron chi connectivity index (χ1n) is 10.6. The summed E-state index contributed by atoms with van der Waals surface area (Å²) >= 11 is 6.28. The van der Waals surface area contributed by atoms with Gasteiger partial charge < -0.3 is 14.1 Å². The highest BCUT2D eigenvalue weighted by molar-refractivity contribution is 6.30. The molecule has 0 aliphatic carbocycles. The van der Waals surface area contributed by atoms with Crippen LogP contribution in [-0.4, -0.2) is 17.9 Å². The number of amides is 1. The minimum atomic E-state index is -0.601. The monoisotopic (exact) mass is 459 g/mol. The predicted octanol–water partition coefficient (Wildman–Crippen LogP) is 5.82. The van der Waals surface area contributed by atoms with Gasteiger partial charge in [0.2, 0.25) is 5.76 Å². The summed E-state index contributed by atoms with van der Waals surface area (Å²) in [6.07, 6.45) is 0. The van der Waals surface area contributed by atoms with Crippen LogP contribution in [0.4, 0.5) is 0 Å². The summed E-state index contributed by atoms with van der Waals surface area (Å²) in [6.45, 7) is 4.21. The molecule has 2 heterocycles. The summed E-state index contributed by atoms with van der Waals surface area (Å²) < 4.78 is 11.3. The molecular formula is C27H22ClNO4. The van der Waals surface area contributed by atoms with Crippen molar-refractivity contribution in [1.29, 1.82) is 0 Å². The van der Waals surface area contributed by atoms with E-state index in [-0.39, 0.29) is 17.1 Å². The van der Waals surface area contributed by atoms with E-state index in [1.165, 1.54) is 0 Å². The number of halogens is 1. The molecule has 1 aromatic heterocycles. The lowest BCUT2D eigenvalue weighted by atomic mass is 9.97. The third kappa shape index (κ3) is 3.58. The molecule has 1 aliphatic heterocycles. The molecule has 5 rings (SSSR count). The van der Waals surface area contributed by atoms with Gasteiger partial charge in [0.15, 0.2) is 5.43 Å². The van der Waals surface area contributed by atoms with Crippen LogP contribution in [-0.2, 0) is 6.54 Å². The van der Waals surface area contributed by atoms with Crippen LogP contribution in [0.3, 0.4) is 0 Å². The Hall–Kier alpha value is -3.57. The lowest BCUT2D eigenvalue weighted by Gasteiger charge is -2.25. The maximum Gasteiger partial charge on any atom is 0.291 e. The number of benzene rings is 3. The van der Waals surface area contributed by atoms with E-state index in [1.807, 2.05) is 62.4 Å². The van der Waals surface area contributed by atoms with Crippen molar-refractivity contribution < 1.29 is 13.9 Å². The first-order chi connectivity index (χ1) is 15.9. The molecule has 3 aromatic carbocycles. The highest BCUT2D eigenvalue weighted by Crippen LogP contribution is 2.40. The third-order valence-electron chi connectivity index (χ3n) is 6.26. The van der Waals surface area contributed by atoms with Gasteiger partial charge in [-0.3, -0.25) is 9.59 Å². The van der Waals surface area contributed by atoms with E-state index in [9.17, 15) is 9.59 Å². The number of aryl methyl sites for hydroxylation is 2. The van der Waals surface area contributed by atoms with Gasteiger partial charge >= 0.3 is 0 Å². The van der Waals surface area contributed by atoms with E-state index in [1.54, 1.807) is 24.1 Å². The lowest BCUT2D eigenvalue weighted by molar-refractivity contribution is 0.0714. The molecule has 1 aliphatic rings. The summed E-state index contributed by atoms with van der Waals surface area (Å²) in [5.74, 6) is 0.507. The second kappa shape index (κ2) is 8.09. The number of ether oxygens (including phenoxy) is 1. The Bertz CT molecular complexity index is 1460. The molecule has 1 atom stereocenters. The molecule has 33 heavy (non-hydrogen) atoms. The molecule has 5 nitrogen and oxygen atoms in total. The summed E-state index contributed by atoms with van der Waals surface area (Å²) in [6, 6.07) is 17.8. The summed E-state index contributed by atoms with van der Waals surface area (Å²) in [5, 5.41) is 1.01. The summed E-state index contributed by atoms with van der Waals surface area (Å²) in [7, 11) is 1.61. The zero-order chi connectivity index (χ0) is 23.3. The predicted molar refractivity (Wildman–Crippen MR) is 128 cm³/mol. The number of nitrogens with zero attached hydrogens (tertiary/aromatic N) is 1. The van der Waals surface area contributed by atoms with Crippen LogP contribution < -0.4 is 10.2 Å². The first-order valence-corrected chi connectivity index (χ1v) is 11.0. The molecule has 0 bridgehead atoms. The van der Waals surface area contributed by atoms with E-state index in [0.717, 1.165) is 28.0 Å². The SMILES string of the molecule is COc1ccc(CN2C(=O)c3oc4cc(C)c(C)cc4c(=O)c3C2c2cccc(Cl)c2)cc1. The molecule has 166 valence electrons. The zero-order valence-electron chi connectivity index (χ0n) is 18.5. The van der Waals surface area contributed by atoms with Crippen molar-refractivity contribution in [3.05, 3.63) is 109 Å². The fourth-order valence-electron chi connectivity index (χ4n) is 4.39. The molecule has 0 radical (unpaired) electrons. The molecule has 4 aromatic rings. The fraction of sp³-hybridized carbons (Fsp3) is 0.185. The maximum absolute atomic E-state index is 13.7. The van der Waals surface area contributed by atoms with Crippen LogP contribution in [0.5, 0.6) is 5.75 Å². The van der Waals surface area contributed by atoms with Crippen molar-refractivity contribution in [2.75, 3.05) is 7.11 Å². The molecule has 0 saturated heterocycles. The second-order valence-electron chi connectivity index (χ2n) is 8.35. The fourth-order valence-corrected chi connectivity index (χ4v) is 4.59. The van der Waals surface area contributed by atoms with Crippen molar-refractivity contribution >= 4 is 28.5 Å². The standard InChI is InChI=1S/C27H22ClNO4/c1-15-11-21-22(12-16(15)2)33-26-23(25(21)30)24(18-5-4-6-19(28)13-18)29(27(26)31)14-17-7-9-20(32-3)10-8-17/h4-13,24H,14H2,1-3H3. The van der Waals surface area contributed by atoms with Gasteiger partial charge in [-0.2, -0.15) is 0 Å². The summed E-state index contributed by atoms with van der Waals surface area (Å²) in [5.41, 5.74) is 4.25. The number of fused-ring (bicyclic) bond motifs is 2. The Morgan fingerprint density at radius 1 is 1.00 bits per heavy atom. The topological polar surface area (TPSA) is 59.8 Å². The second-order valence-corrected chi connectivity index (χ2v) is 8.78. The van der Waals surface area contributed by atoms with E-state index in [2.05, 4.69) is 0 Å². The number of methoxy groups -OCH3 is 1. The number of hydrogen-bond donors (Lipinski definition) is 0. The van der Waals surface area contributed by atoms with Crippen LogP contribution in [0.1, 0.15) is 44.4 Å². The molecule has 1 amide bonds. The van der Waals surface area contributed by atoms with Gasteiger partial charge in [0.05, 0.1) is 24.1 Å². The minimum absolute atomic E-state index is 0.0919. The Labute approximate surface area is 196 Å². The normalized spacial score (nSPS) is 15.2. The number of carbonyl (C=O) groups excluding carboxylic acids is 1. The molecule has 6 heteroatoms. The Morgan fingerprint density at radius 3 is 2.42 bits per heavy atom. The number of rotatable bonds is 4. The van der Waals surface area contributed by atoms with Crippen molar-refractivity contribution in [2.24, 2.45) is 0 Å². The van der Waals surface area contributed by atoms with Crippen LogP contribution >= 0.6 is 11.6 Å². The third-order valence-corrected chi connectivity index (χ3v) is 6.49. The lowest BCUT2D eigenvalue weighted by Crippen LogP contribution is -2.29. The molecule has 0 spiro atoms. The van der Waals surface area contributed by atoms with E-state index >= 15 is 0 Å². The van der Waals surface area contributed by atoms with Crippen molar-refractivity contribution in [2.45, 2.75) is 26.4 Å². The average molecular weight is 460 g/mol. The average Bonchev–Trinajstić information content (AvgIpc) is 3.08. The Kier molecular flexibility index (Phi) is 5.22. The molecule has 0 saturated carbocycles. The smallest absolute Gasteiger partial charge is 0.291 e. The van der Waals surface area contributed by atoms with Gasteiger partial charge in [-0.1, -0.05) is 35.9 Å². The van der Waals surface area contributed by atoms with Gasteiger partial charge in [-0.25, -0.2) is 0 Å². The van der Waals surface area contributed by atoms with Gasteiger partial charge in [0, 0.05) is 11.6 Å². The highest BCUT2D eigenvalue weighted by Gasteiger charge is 2.42. The molecule has 1 unspecified atom stereocenters. The van der Waals surface area contributed by atoms with E-state index in [0.29, 0.717) is 28.1 Å². The Morgan fingerprint density at radius 2 is 1.73 bits per heavy atom. The van der Waals surface area contributed by atoms with E-state index in [4.69, 9.17) is 20.8 Å². The quantitative estimate of drug-likeness (QED) is 0.386. The number of carbonyl (C=O) groups is 1. The van der Waals surface area contributed by atoms with Crippen LogP contribution in [0.25, 0.3) is 11.0 Å². The first kappa shape index (κ1) is 21.3. The van der Waals surface area contributed by atoms with Gasteiger partial charge in [0.1, 0.15) is 11.3 Å². The van der Waals surface area contributed by atoms with Crippen LogP contribution in [0.15, 0.2) is 69.9 Å². The van der Waals surface area contributed by atoms with Gasteiger partial charge in [-0.15, -0.1) is 0 Å². The molecular weight excluding hydrogens is 438 g/mol. The Balaban J connectivity index is 1.71. The van der Waals surface area contributed by atoms with Crippen molar-refractivity contribution in [3.63, 3.8) is 0 Å². The van der Waals surface area contributed by atoms with Crippen LogP contribution in [0, 0.1) is 13.8 Å². The van der Waals surface area contributed by atoms with E-state index < -0.39 is 6.04 Å². The number of hydrogen-bond acceptors (Lipinski definition) is 4. The zero-order valence-corrected chi connectivity index (χ0v) is 19.3.